The van der Waals surface area contributed by atoms with Gasteiger partial charge in [-0.3, -0.25) is 4.90 Å². The summed E-state index contributed by atoms with van der Waals surface area (Å²) in [4.78, 5) is 14.3. The summed E-state index contributed by atoms with van der Waals surface area (Å²) < 4.78 is 6.04. The number of ether oxygens (including phenoxy) is 1. The zero-order valence-electron chi connectivity index (χ0n) is 16.6. The van der Waals surface area contributed by atoms with Gasteiger partial charge >= 0.3 is 5.97 Å². The predicted octanol–water partition coefficient (Wildman–Crippen LogP) is 3.53. The molecule has 0 amide bonds. The molecule has 1 aromatic carbocycles. The predicted molar refractivity (Wildman–Crippen MR) is 105 cm³/mol. The Balaban J connectivity index is 2.14. The highest BCUT2D eigenvalue weighted by atomic mass is 16.5. The van der Waals surface area contributed by atoms with Gasteiger partial charge < -0.3 is 15.2 Å². The zero-order chi connectivity index (χ0) is 19.2. The van der Waals surface area contributed by atoms with Gasteiger partial charge in [-0.2, -0.15) is 0 Å². The molecule has 1 atom stereocenters. The van der Waals surface area contributed by atoms with Crippen molar-refractivity contribution < 1.29 is 14.6 Å². The van der Waals surface area contributed by atoms with Crippen molar-refractivity contribution in [3.05, 3.63) is 29.8 Å². The van der Waals surface area contributed by atoms with Gasteiger partial charge in [0.2, 0.25) is 5.60 Å². The van der Waals surface area contributed by atoms with Crippen LogP contribution in [0.15, 0.2) is 24.3 Å². The highest BCUT2D eigenvalue weighted by Crippen LogP contribution is 2.28. The van der Waals surface area contributed by atoms with Crippen LogP contribution in [-0.2, 0) is 11.3 Å². The van der Waals surface area contributed by atoms with E-state index in [0.29, 0.717) is 43.6 Å². The number of carbonyl (C=O) groups is 1. The third-order valence-electron chi connectivity index (χ3n) is 5.45. The van der Waals surface area contributed by atoms with Crippen molar-refractivity contribution >= 4 is 5.97 Å². The van der Waals surface area contributed by atoms with Gasteiger partial charge in [0.05, 0.1) is 0 Å². The first-order valence-electron chi connectivity index (χ1n) is 9.84. The molecule has 0 spiro atoms. The maximum atomic E-state index is 11.8. The fourth-order valence-corrected chi connectivity index (χ4v) is 3.49. The van der Waals surface area contributed by atoms with Gasteiger partial charge in [0.1, 0.15) is 5.75 Å². The molecule has 0 aliphatic carbocycles. The quantitative estimate of drug-likeness (QED) is 0.704. The summed E-state index contributed by atoms with van der Waals surface area (Å²) in [6.07, 6.45) is 2.08. The molecule has 1 aliphatic heterocycles. The van der Waals surface area contributed by atoms with E-state index in [1.165, 1.54) is 0 Å². The topological polar surface area (TPSA) is 61.8 Å². The van der Waals surface area contributed by atoms with Gasteiger partial charge in [0, 0.05) is 25.4 Å². The minimum atomic E-state index is -1.11. The average Bonchev–Trinajstić information content (AvgIpc) is 2.61. The molecule has 0 saturated carbocycles. The van der Waals surface area contributed by atoms with Crippen molar-refractivity contribution in [3.63, 3.8) is 0 Å². The van der Waals surface area contributed by atoms with Gasteiger partial charge in [-0.25, -0.2) is 4.79 Å². The summed E-state index contributed by atoms with van der Waals surface area (Å²) in [5.74, 6) is 0.372. The fraction of sp³-hybridized carbons (Fsp3) is 0.667. The molecule has 1 saturated heterocycles. The van der Waals surface area contributed by atoms with Crippen molar-refractivity contribution in [3.8, 4) is 5.75 Å². The highest BCUT2D eigenvalue weighted by Gasteiger charge is 2.42. The molecule has 26 heavy (non-hydrogen) atoms. The maximum absolute atomic E-state index is 11.8. The zero-order valence-corrected chi connectivity index (χ0v) is 16.6. The van der Waals surface area contributed by atoms with Crippen molar-refractivity contribution in [2.24, 2.45) is 5.92 Å². The van der Waals surface area contributed by atoms with E-state index in [0.717, 1.165) is 25.1 Å². The molecule has 1 heterocycles. The fourth-order valence-electron chi connectivity index (χ4n) is 3.49. The smallest absolute Gasteiger partial charge is 0.348 e. The second kappa shape index (κ2) is 9.38. The van der Waals surface area contributed by atoms with E-state index in [1.807, 2.05) is 18.2 Å². The summed E-state index contributed by atoms with van der Waals surface area (Å²) in [7, 11) is 0. The number of rotatable bonds is 9. The first-order chi connectivity index (χ1) is 12.4. The Kier molecular flexibility index (Phi) is 7.47. The van der Waals surface area contributed by atoms with Crippen molar-refractivity contribution in [2.45, 2.75) is 65.1 Å². The number of benzene rings is 1. The van der Waals surface area contributed by atoms with Crippen LogP contribution in [0, 0.1) is 5.92 Å². The molecule has 1 aliphatic rings. The Bertz CT molecular complexity index is 582. The molecule has 1 fully saturated rings. The standard InChI is InChI=1S/C21H34N2O3/c1-5-13-23(17(4)16(2)3)15-18-7-6-8-19(14-18)26-21(20(24)25)9-11-22-12-10-21/h6-8,14,16-17,22H,5,9-13,15H2,1-4H3,(H,24,25). The number of carboxylic acids is 1. The van der Waals surface area contributed by atoms with Gasteiger partial charge in [0.25, 0.3) is 0 Å². The van der Waals surface area contributed by atoms with Gasteiger partial charge in [-0.15, -0.1) is 0 Å². The van der Waals surface area contributed by atoms with Gasteiger partial charge in [-0.1, -0.05) is 32.9 Å². The van der Waals surface area contributed by atoms with Crippen LogP contribution in [0.25, 0.3) is 0 Å². The van der Waals surface area contributed by atoms with E-state index in [4.69, 9.17) is 4.74 Å². The average molecular weight is 363 g/mol. The van der Waals surface area contributed by atoms with Crippen LogP contribution in [0.4, 0.5) is 0 Å². The van der Waals surface area contributed by atoms with E-state index >= 15 is 0 Å². The molecule has 0 aromatic heterocycles. The highest BCUT2D eigenvalue weighted by molar-refractivity contribution is 5.78. The lowest BCUT2D eigenvalue weighted by molar-refractivity contribution is -0.157. The molecule has 0 bridgehead atoms. The Morgan fingerprint density at radius 1 is 1.31 bits per heavy atom. The molecule has 1 aromatic rings. The van der Waals surface area contributed by atoms with E-state index < -0.39 is 11.6 Å². The Labute approximate surface area is 157 Å². The normalized spacial score (nSPS) is 18.1. The minimum Gasteiger partial charge on any atom is -0.478 e. The number of carboxylic acid groups (broad SMARTS) is 1. The molecule has 1 unspecified atom stereocenters. The Hall–Kier alpha value is -1.59. The van der Waals surface area contributed by atoms with Crippen LogP contribution in [-0.4, -0.2) is 47.3 Å². The molecule has 146 valence electrons. The molecule has 0 radical (unpaired) electrons. The third kappa shape index (κ3) is 5.21. The summed E-state index contributed by atoms with van der Waals surface area (Å²) in [5.41, 5.74) is 0.0519. The Morgan fingerprint density at radius 3 is 2.58 bits per heavy atom. The summed E-state index contributed by atoms with van der Waals surface area (Å²) in [6, 6.07) is 8.42. The second-order valence-corrected chi connectivity index (χ2v) is 7.75. The van der Waals surface area contributed by atoms with Crippen molar-refractivity contribution in [1.82, 2.24) is 10.2 Å². The third-order valence-corrected chi connectivity index (χ3v) is 5.45. The summed E-state index contributed by atoms with van der Waals surface area (Å²) >= 11 is 0. The number of piperidine rings is 1. The lowest BCUT2D eigenvalue weighted by Crippen LogP contribution is -2.52. The SMILES string of the molecule is CCCN(Cc1cccc(OC2(C(=O)O)CCNCC2)c1)C(C)C(C)C. The number of nitrogens with one attached hydrogen (secondary N) is 1. The molecule has 5 nitrogen and oxygen atoms in total. The van der Waals surface area contributed by atoms with Crippen LogP contribution in [0.3, 0.4) is 0 Å². The van der Waals surface area contributed by atoms with E-state index in [1.54, 1.807) is 0 Å². The van der Waals surface area contributed by atoms with E-state index in [-0.39, 0.29) is 0 Å². The van der Waals surface area contributed by atoms with E-state index in [9.17, 15) is 9.90 Å². The van der Waals surface area contributed by atoms with Crippen molar-refractivity contribution in [1.29, 1.82) is 0 Å². The van der Waals surface area contributed by atoms with Crippen LogP contribution < -0.4 is 10.1 Å². The number of aliphatic carboxylic acids is 1. The summed E-state index contributed by atoms with van der Waals surface area (Å²) in [5, 5.41) is 12.9. The monoisotopic (exact) mass is 362 g/mol. The first kappa shape index (κ1) is 20.7. The van der Waals surface area contributed by atoms with Crippen LogP contribution in [0.2, 0.25) is 0 Å². The first-order valence-corrected chi connectivity index (χ1v) is 9.84. The molecule has 5 heteroatoms. The van der Waals surface area contributed by atoms with Gasteiger partial charge in [0.15, 0.2) is 0 Å². The molecule has 2 N–H and O–H groups in total. The second-order valence-electron chi connectivity index (χ2n) is 7.75. The minimum absolute atomic E-state index is 0.485. The van der Waals surface area contributed by atoms with Crippen LogP contribution in [0.5, 0.6) is 5.75 Å². The van der Waals surface area contributed by atoms with Crippen LogP contribution in [0.1, 0.15) is 52.5 Å². The number of nitrogens with zero attached hydrogens (tertiary/aromatic N) is 1. The molecule has 2 rings (SSSR count). The summed E-state index contributed by atoms with van der Waals surface area (Å²) in [6.45, 7) is 12.2. The van der Waals surface area contributed by atoms with Gasteiger partial charge in [-0.05, 0) is 56.6 Å². The molecular formula is C21H34N2O3. The lowest BCUT2D eigenvalue weighted by Gasteiger charge is -2.34. The Morgan fingerprint density at radius 2 is 2.00 bits per heavy atom. The van der Waals surface area contributed by atoms with Crippen molar-refractivity contribution in [2.75, 3.05) is 19.6 Å². The molecular weight excluding hydrogens is 328 g/mol. The van der Waals surface area contributed by atoms with E-state index in [2.05, 4.69) is 44.0 Å². The largest absolute Gasteiger partial charge is 0.478 e. The van der Waals surface area contributed by atoms with Crippen LogP contribution >= 0.6 is 0 Å². The lowest BCUT2D eigenvalue weighted by atomic mass is 9.92. The maximum Gasteiger partial charge on any atom is 0.348 e. The number of hydrogen-bond acceptors (Lipinski definition) is 4. The number of hydrogen-bond donors (Lipinski definition) is 2.